The van der Waals surface area contributed by atoms with E-state index in [0.29, 0.717) is 17.8 Å². The number of halogens is 1. The first-order valence-electron chi connectivity index (χ1n) is 10.3. The van der Waals surface area contributed by atoms with Crippen LogP contribution in [-0.2, 0) is 13.0 Å². The lowest BCUT2D eigenvalue weighted by atomic mass is 10.1. The lowest BCUT2D eigenvalue weighted by Crippen LogP contribution is -2.13. The van der Waals surface area contributed by atoms with Crippen molar-refractivity contribution >= 4 is 22.5 Å². The molecule has 1 amide bonds. The van der Waals surface area contributed by atoms with E-state index in [1.165, 1.54) is 12.1 Å². The Bertz CT molecular complexity index is 1430. The number of fused-ring (bicyclic) bond motifs is 1. The van der Waals surface area contributed by atoms with Crippen molar-refractivity contribution in [3.63, 3.8) is 0 Å². The summed E-state index contributed by atoms with van der Waals surface area (Å²) in [6, 6.07) is 11.7. The lowest BCUT2D eigenvalue weighted by Gasteiger charge is -2.04. The fraction of sp³-hybridized carbons (Fsp3) is 0.125. The second kappa shape index (κ2) is 8.62. The van der Waals surface area contributed by atoms with Gasteiger partial charge in [-0.25, -0.2) is 9.37 Å². The predicted molar refractivity (Wildman–Crippen MR) is 121 cm³/mol. The molecular weight excluding hydrogens is 425 g/mol. The number of methoxy groups -OCH3 is 1. The largest absolute Gasteiger partial charge is 0.497 e. The SMILES string of the molecule is COc1ccc2[nH]cc(CCn3cc(NC(=O)c4ncoc4-c4cccc(F)c4)cn3)c2c1. The zero-order valence-electron chi connectivity index (χ0n) is 17.7. The molecule has 3 heterocycles. The number of nitrogens with one attached hydrogen (secondary N) is 2. The zero-order chi connectivity index (χ0) is 22.8. The molecule has 3 aromatic heterocycles. The molecule has 0 saturated heterocycles. The van der Waals surface area contributed by atoms with Gasteiger partial charge in [0.05, 0.1) is 19.0 Å². The van der Waals surface area contributed by atoms with Crippen LogP contribution in [0, 0.1) is 5.82 Å². The fourth-order valence-electron chi connectivity index (χ4n) is 3.71. The van der Waals surface area contributed by atoms with Crippen molar-refractivity contribution in [2.75, 3.05) is 12.4 Å². The number of carbonyl (C=O) groups excluding carboxylic acids is 1. The Balaban J connectivity index is 1.27. The number of nitrogens with zero attached hydrogens (tertiary/aromatic N) is 3. The number of aromatic nitrogens is 4. The fourth-order valence-corrected chi connectivity index (χ4v) is 3.71. The monoisotopic (exact) mass is 445 g/mol. The minimum absolute atomic E-state index is 0.0705. The first-order valence-corrected chi connectivity index (χ1v) is 10.3. The maximum Gasteiger partial charge on any atom is 0.278 e. The number of hydrogen-bond acceptors (Lipinski definition) is 5. The van der Waals surface area contributed by atoms with Gasteiger partial charge in [0.1, 0.15) is 11.6 Å². The summed E-state index contributed by atoms with van der Waals surface area (Å²) in [6.45, 7) is 0.624. The Kier molecular flexibility index (Phi) is 5.35. The third-order valence-electron chi connectivity index (χ3n) is 5.35. The van der Waals surface area contributed by atoms with Gasteiger partial charge < -0.3 is 19.5 Å². The molecule has 0 aliphatic rings. The molecule has 0 unspecified atom stereocenters. The lowest BCUT2D eigenvalue weighted by molar-refractivity contribution is 0.102. The van der Waals surface area contributed by atoms with E-state index in [2.05, 4.69) is 20.4 Å². The molecule has 0 fully saturated rings. The number of anilines is 1. The van der Waals surface area contributed by atoms with Crippen LogP contribution in [0.15, 0.2) is 71.9 Å². The molecule has 0 saturated carbocycles. The number of benzene rings is 2. The van der Waals surface area contributed by atoms with E-state index in [0.717, 1.165) is 35.0 Å². The zero-order valence-corrected chi connectivity index (χ0v) is 17.7. The first-order chi connectivity index (χ1) is 16.1. The molecule has 0 atom stereocenters. The van der Waals surface area contributed by atoms with Crippen molar-refractivity contribution in [1.82, 2.24) is 19.7 Å². The van der Waals surface area contributed by atoms with E-state index in [-0.39, 0.29) is 11.5 Å². The van der Waals surface area contributed by atoms with E-state index in [1.54, 1.807) is 36.3 Å². The first kappa shape index (κ1) is 20.5. The van der Waals surface area contributed by atoms with Crippen LogP contribution in [0.4, 0.5) is 10.1 Å². The number of rotatable bonds is 7. The molecule has 2 N–H and O–H groups in total. The number of aryl methyl sites for hydroxylation is 2. The van der Waals surface area contributed by atoms with E-state index < -0.39 is 11.7 Å². The third-order valence-corrected chi connectivity index (χ3v) is 5.35. The predicted octanol–water partition coefficient (Wildman–Crippen LogP) is 4.66. The van der Waals surface area contributed by atoms with E-state index in [9.17, 15) is 9.18 Å². The van der Waals surface area contributed by atoms with Crippen molar-refractivity contribution in [3.05, 3.63) is 84.5 Å². The number of H-pyrrole nitrogens is 1. The van der Waals surface area contributed by atoms with Crippen molar-refractivity contribution in [1.29, 1.82) is 0 Å². The van der Waals surface area contributed by atoms with Gasteiger partial charge in [0.2, 0.25) is 0 Å². The molecule has 5 aromatic rings. The van der Waals surface area contributed by atoms with Crippen LogP contribution in [0.5, 0.6) is 5.75 Å². The summed E-state index contributed by atoms with van der Waals surface area (Å²) >= 11 is 0. The van der Waals surface area contributed by atoms with Gasteiger partial charge in [0.15, 0.2) is 17.8 Å². The van der Waals surface area contributed by atoms with Crippen LogP contribution in [0.25, 0.3) is 22.2 Å². The summed E-state index contributed by atoms with van der Waals surface area (Å²) in [5.74, 6) is 0.114. The Morgan fingerprint density at radius 3 is 3.03 bits per heavy atom. The van der Waals surface area contributed by atoms with Gasteiger partial charge in [-0.15, -0.1) is 0 Å². The number of carbonyl (C=O) groups is 1. The summed E-state index contributed by atoms with van der Waals surface area (Å²) in [5.41, 5.74) is 3.21. The average Bonchev–Trinajstić information content (AvgIpc) is 3.57. The molecule has 8 nitrogen and oxygen atoms in total. The van der Waals surface area contributed by atoms with Gasteiger partial charge in [-0.1, -0.05) is 12.1 Å². The Hall–Kier alpha value is -4.40. The summed E-state index contributed by atoms with van der Waals surface area (Å²) in [5, 5.41) is 8.20. The van der Waals surface area contributed by atoms with Gasteiger partial charge in [0.25, 0.3) is 5.91 Å². The van der Waals surface area contributed by atoms with Crippen molar-refractivity contribution in [2.24, 2.45) is 0 Å². The van der Waals surface area contributed by atoms with Crippen LogP contribution in [0.2, 0.25) is 0 Å². The highest BCUT2D eigenvalue weighted by Gasteiger charge is 2.19. The van der Waals surface area contributed by atoms with E-state index in [4.69, 9.17) is 9.15 Å². The molecule has 0 bridgehead atoms. The molecule has 2 aromatic carbocycles. The van der Waals surface area contributed by atoms with Crippen LogP contribution in [0.3, 0.4) is 0 Å². The maximum absolute atomic E-state index is 13.6. The normalized spacial score (nSPS) is 11.1. The highest BCUT2D eigenvalue weighted by molar-refractivity contribution is 6.06. The topological polar surface area (TPSA) is 98.0 Å². The van der Waals surface area contributed by atoms with Crippen LogP contribution >= 0.6 is 0 Å². The Labute approximate surface area is 188 Å². The second-order valence-electron chi connectivity index (χ2n) is 7.46. The summed E-state index contributed by atoms with van der Waals surface area (Å²) in [7, 11) is 1.65. The highest BCUT2D eigenvalue weighted by atomic mass is 19.1. The standard InChI is InChI=1S/C24H20FN5O3/c1-32-19-5-6-21-20(10-19)16(11-26-21)7-8-30-13-18(12-28-30)29-24(31)22-23(33-14-27-22)15-3-2-4-17(25)9-15/h2-6,9-14,26H,7-8H2,1H3,(H,29,31). The Morgan fingerprint density at radius 1 is 1.27 bits per heavy atom. The number of hydrogen-bond donors (Lipinski definition) is 2. The molecule has 33 heavy (non-hydrogen) atoms. The minimum atomic E-state index is -0.466. The van der Waals surface area contributed by atoms with Gasteiger partial charge >= 0.3 is 0 Å². The van der Waals surface area contributed by atoms with Crippen molar-refractivity contribution < 1.29 is 18.3 Å². The molecular formula is C24H20FN5O3. The van der Waals surface area contributed by atoms with Crippen LogP contribution in [0.1, 0.15) is 16.1 Å². The molecule has 0 aliphatic heterocycles. The van der Waals surface area contributed by atoms with Gasteiger partial charge in [-0.3, -0.25) is 9.48 Å². The molecule has 0 aliphatic carbocycles. The van der Waals surface area contributed by atoms with Crippen molar-refractivity contribution in [3.8, 4) is 17.1 Å². The molecule has 0 spiro atoms. The van der Waals surface area contributed by atoms with Crippen LogP contribution < -0.4 is 10.1 Å². The summed E-state index contributed by atoms with van der Waals surface area (Å²) in [6.07, 6.45) is 7.20. The number of aromatic amines is 1. The second-order valence-corrected chi connectivity index (χ2v) is 7.46. The quantitative estimate of drug-likeness (QED) is 0.380. The summed E-state index contributed by atoms with van der Waals surface area (Å²) < 4.78 is 26.0. The molecule has 166 valence electrons. The molecule has 0 radical (unpaired) electrons. The smallest absolute Gasteiger partial charge is 0.278 e. The number of ether oxygens (including phenoxy) is 1. The maximum atomic E-state index is 13.6. The van der Waals surface area contributed by atoms with E-state index in [1.807, 2.05) is 24.4 Å². The van der Waals surface area contributed by atoms with Gasteiger partial charge in [-0.2, -0.15) is 5.10 Å². The molecule has 9 heteroatoms. The van der Waals surface area contributed by atoms with Crippen molar-refractivity contribution in [2.45, 2.75) is 13.0 Å². The minimum Gasteiger partial charge on any atom is -0.497 e. The number of amides is 1. The van der Waals surface area contributed by atoms with Gasteiger partial charge in [-0.05, 0) is 42.3 Å². The van der Waals surface area contributed by atoms with Gasteiger partial charge in [0, 0.05) is 35.4 Å². The highest BCUT2D eigenvalue weighted by Crippen LogP contribution is 2.26. The van der Waals surface area contributed by atoms with Crippen LogP contribution in [-0.4, -0.2) is 32.8 Å². The Morgan fingerprint density at radius 2 is 2.18 bits per heavy atom. The molecule has 5 rings (SSSR count). The summed E-state index contributed by atoms with van der Waals surface area (Å²) in [4.78, 5) is 20.0. The number of oxazole rings is 1. The van der Waals surface area contributed by atoms with E-state index >= 15 is 0 Å². The third kappa shape index (κ3) is 4.20. The average molecular weight is 445 g/mol.